The second-order valence-corrected chi connectivity index (χ2v) is 6.00. The Labute approximate surface area is 154 Å². The van der Waals surface area contributed by atoms with Gasteiger partial charge in [-0.05, 0) is 48.1 Å². The fourth-order valence-electron chi connectivity index (χ4n) is 1.62. The lowest BCUT2D eigenvalue weighted by atomic mass is 10.2. The van der Waals surface area contributed by atoms with Crippen LogP contribution in [0, 0.1) is 0 Å². The molecule has 2 N–H and O–H groups in total. The highest BCUT2D eigenvalue weighted by Crippen LogP contribution is 2.21. The molecule has 3 nitrogen and oxygen atoms in total. The standard InChI is InChI=1S/C16H12Cl3N3S/c17-12-7-5-11(6-8-12)13(18)9-10-20-22-16(23)21-15-4-2-1-3-14(15)19/h1-10H,(H2,21,22,23). The van der Waals surface area contributed by atoms with E-state index in [4.69, 9.17) is 47.0 Å². The third-order valence-corrected chi connectivity index (χ3v) is 3.82. The highest BCUT2D eigenvalue weighted by Gasteiger charge is 2.00. The molecule has 2 rings (SSSR count). The van der Waals surface area contributed by atoms with E-state index < -0.39 is 0 Å². The number of nitrogens with one attached hydrogen (secondary N) is 2. The van der Waals surface area contributed by atoms with Crippen LogP contribution in [-0.2, 0) is 0 Å². The van der Waals surface area contributed by atoms with Gasteiger partial charge >= 0.3 is 0 Å². The van der Waals surface area contributed by atoms with E-state index >= 15 is 0 Å². The number of benzene rings is 2. The van der Waals surface area contributed by atoms with Crippen molar-refractivity contribution >= 4 is 69.1 Å². The van der Waals surface area contributed by atoms with Gasteiger partial charge in [0.05, 0.1) is 10.7 Å². The first-order valence-corrected chi connectivity index (χ1v) is 8.07. The molecule has 0 bridgehead atoms. The molecule has 0 saturated heterocycles. The van der Waals surface area contributed by atoms with Crippen LogP contribution >= 0.6 is 47.0 Å². The second-order valence-electron chi connectivity index (χ2n) is 4.35. The smallest absolute Gasteiger partial charge is 0.191 e. The summed E-state index contributed by atoms with van der Waals surface area (Å²) >= 11 is 23.1. The fraction of sp³-hybridized carbons (Fsp3) is 0. The molecule has 0 saturated carbocycles. The molecule has 2 aromatic rings. The Balaban J connectivity index is 1.88. The molecule has 0 atom stereocenters. The molecule has 0 heterocycles. The monoisotopic (exact) mass is 383 g/mol. The van der Waals surface area contributed by atoms with Crippen molar-refractivity contribution in [3.8, 4) is 0 Å². The van der Waals surface area contributed by atoms with Crippen LogP contribution < -0.4 is 10.7 Å². The number of hydrogen-bond acceptors (Lipinski definition) is 2. The summed E-state index contributed by atoms with van der Waals surface area (Å²) in [5.41, 5.74) is 4.23. The first-order chi connectivity index (χ1) is 11.1. The average Bonchev–Trinajstić information content (AvgIpc) is 2.54. The van der Waals surface area contributed by atoms with Crippen LogP contribution in [0.2, 0.25) is 10.0 Å². The highest BCUT2D eigenvalue weighted by molar-refractivity contribution is 7.80. The molecule has 7 heteroatoms. The van der Waals surface area contributed by atoms with Gasteiger partial charge in [0.15, 0.2) is 5.11 Å². The minimum absolute atomic E-state index is 0.324. The Morgan fingerprint density at radius 1 is 1.04 bits per heavy atom. The Morgan fingerprint density at radius 3 is 2.43 bits per heavy atom. The maximum absolute atomic E-state index is 6.16. The van der Waals surface area contributed by atoms with Crippen LogP contribution in [-0.4, -0.2) is 11.3 Å². The summed E-state index contributed by atoms with van der Waals surface area (Å²) in [6.45, 7) is 0. The predicted octanol–water partition coefficient (Wildman–Crippen LogP) is 5.55. The van der Waals surface area contributed by atoms with Crippen LogP contribution in [0.5, 0.6) is 0 Å². The van der Waals surface area contributed by atoms with Crippen molar-refractivity contribution in [2.24, 2.45) is 5.10 Å². The Hall–Kier alpha value is -1.59. The summed E-state index contributed by atoms with van der Waals surface area (Å²) in [5.74, 6) is 0. The average molecular weight is 385 g/mol. The van der Waals surface area contributed by atoms with Crippen LogP contribution in [0.25, 0.3) is 5.03 Å². The van der Waals surface area contributed by atoms with Crippen LogP contribution in [0.3, 0.4) is 0 Å². The van der Waals surface area contributed by atoms with E-state index in [-0.39, 0.29) is 0 Å². The van der Waals surface area contributed by atoms with Gasteiger partial charge in [-0.25, -0.2) is 0 Å². The lowest BCUT2D eigenvalue weighted by Gasteiger charge is -2.07. The maximum Gasteiger partial charge on any atom is 0.191 e. The minimum Gasteiger partial charge on any atom is -0.330 e. The largest absolute Gasteiger partial charge is 0.330 e. The molecule has 0 unspecified atom stereocenters. The molecule has 0 radical (unpaired) electrons. The molecule has 0 amide bonds. The van der Waals surface area contributed by atoms with Gasteiger partial charge in [0, 0.05) is 16.3 Å². The van der Waals surface area contributed by atoms with Crippen molar-refractivity contribution in [3.63, 3.8) is 0 Å². The molecule has 118 valence electrons. The molecular weight excluding hydrogens is 373 g/mol. The van der Waals surface area contributed by atoms with Gasteiger partial charge in [-0.2, -0.15) is 5.10 Å². The van der Waals surface area contributed by atoms with Crippen molar-refractivity contribution in [2.75, 3.05) is 5.32 Å². The number of rotatable bonds is 4. The SMILES string of the molecule is S=C(NN=CC=C(Cl)c1ccc(Cl)cc1)Nc1ccccc1Cl. The van der Waals surface area contributed by atoms with E-state index in [0.717, 1.165) is 5.56 Å². The molecule has 0 spiro atoms. The van der Waals surface area contributed by atoms with Crippen molar-refractivity contribution in [2.45, 2.75) is 0 Å². The van der Waals surface area contributed by atoms with Crippen molar-refractivity contribution in [3.05, 3.63) is 70.2 Å². The summed E-state index contributed by atoms with van der Waals surface area (Å²) in [5, 5.41) is 9.01. The molecular formula is C16H12Cl3N3S. The first-order valence-electron chi connectivity index (χ1n) is 6.52. The molecule has 0 aliphatic heterocycles. The van der Waals surface area contributed by atoms with E-state index in [0.29, 0.717) is 25.9 Å². The Kier molecular flexibility index (Phi) is 6.86. The van der Waals surface area contributed by atoms with E-state index in [1.807, 2.05) is 30.3 Å². The van der Waals surface area contributed by atoms with Crippen molar-refractivity contribution in [1.29, 1.82) is 0 Å². The number of hydrogen-bond donors (Lipinski definition) is 2. The molecule has 0 aliphatic carbocycles. The van der Waals surface area contributed by atoms with Gasteiger partial charge < -0.3 is 5.32 Å². The van der Waals surface area contributed by atoms with Gasteiger partial charge in [-0.15, -0.1) is 0 Å². The van der Waals surface area contributed by atoms with Crippen LogP contribution in [0.4, 0.5) is 5.69 Å². The highest BCUT2D eigenvalue weighted by atomic mass is 35.5. The topological polar surface area (TPSA) is 36.4 Å². The molecule has 2 aromatic carbocycles. The predicted molar refractivity (Wildman–Crippen MR) is 105 cm³/mol. The molecule has 23 heavy (non-hydrogen) atoms. The number of anilines is 1. The lowest BCUT2D eigenvalue weighted by Crippen LogP contribution is -2.23. The zero-order chi connectivity index (χ0) is 16.7. The first kappa shape index (κ1) is 17.8. The Morgan fingerprint density at radius 2 is 1.74 bits per heavy atom. The third-order valence-electron chi connectivity index (χ3n) is 2.70. The molecule has 0 fully saturated rings. The summed E-state index contributed by atoms with van der Waals surface area (Å²) in [4.78, 5) is 0. The van der Waals surface area contributed by atoms with E-state index in [1.54, 1.807) is 24.3 Å². The number of halogens is 3. The quantitative estimate of drug-likeness (QED) is 0.412. The van der Waals surface area contributed by atoms with E-state index in [1.165, 1.54) is 6.21 Å². The maximum atomic E-state index is 6.16. The zero-order valence-corrected chi connectivity index (χ0v) is 14.8. The number of allylic oxidation sites excluding steroid dienone is 1. The van der Waals surface area contributed by atoms with Gasteiger partial charge in [0.2, 0.25) is 0 Å². The summed E-state index contributed by atoms with van der Waals surface area (Å²) in [6, 6.07) is 14.5. The number of para-hydroxylation sites is 1. The van der Waals surface area contributed by atoms with Gasteiger partial charge in [0.25, 0.3) is 0 Å². The fourth-order valence-corrected chi connectivity index (χ4v) is 2.27. The number of hydrazone groups is 1. The summed E-state index contributed by atoms with van der Waals surface area (Å²) in [7, 11) is 0. The Bertz CT molecular complexity index is 742. The van der Waals surface area contributed by atoms with Crippen molar-refractivity contribution in [1.82, 2.24) is 5.43 Å². The number of thiocarbonyl (C=S) groups is 1. The van der Waals surface area contributed by atoms with Gasteiger partial charge in [-0.3, -0.25) is 5.43 Å². The van der Waals surface area contributed by atoms with E-state index in [2.05, 4.69) is 15.8 Å². The van der Waals surface area contributed by atoms with Crippen LogP contribution in [0.1, 0.15) is 5.56 Å². The molecule has 0 aromatic heterocycles. The van der Waals surface area contributed by atoms with Gasteiger partial charge in [-0.1, -0.05) is 59.1 Å². The third kappa shape index (κ3) is 5.84. The zero-order valence-electron chi connectivity index (χ0n) is 11.8. The lowest BCUT2D eigenvalue weighted by molar-refractivity contribution is 1.05. The van der Waals surface area contributed by atoms with E-state index in [9.17, 15) is 0 Å². The normalized spacial score (nSPS) is 11.5. The van der Waals surface area contributed by atoms with Gasteiger partial charge in [0.1, 0.15) is 0 Å². The molecule has 0 aliphatic rings. The summed E-state index contributed by atoms with van der Waals surface area (Å²) in [6.07, 6.45) is 3.16. The van der Waals surface area contributed by atoms with Crippen LogP contribution in [0.15, 0.2) is 59.7 Å². The van der Waals surface area contributed by atoms with Crippen molar-refractivity contribution < 1.29 is 0 Å². The minimum atomic E-state index is 0.324. The number of nitrogens with zero attached hydrogens (tertiary/aromatic N) is 1. The second kappa shape index (κ2) is 8.89. The summed E-state index contributed by atoms with van der Waals surface area (Å²) < 4.78 is 0.